The summed E-state index contributed by atoms with van der Waals surface area (Å²) in [7, 11) is -1.60. The predicted molar refractivity (Wildman–Crippen MR) is 106 cm³/mol. The number of carbonyl (C=O) groups excluding carboxylic acids is 1. The summed E-state index contributed by atoms with van der Waals surface area (Å²) in [6, 6.07) is 26.1. The van der Waals surface area contributed by atoms with Crippen LogP contribution in [0, 0.1) is 0 Å². The van der Waals surface area contributed by atoms with Gasteiger partial charge in [0.05, 0.1) is 5.69 Å². The van der Waals surface area contributed by atoms with Crippen molar-refractivity contribution in [2.24, 2.45) is 0 Å². The quantitative estimate of drug-likeness (QED) is 0.487. The molecule has 0 unspecified atom stereocenters. The topological polar surface area (TPSA) is 20.3 Å². The Balaban J connectivity index is 2.16. The highest BCUT2D eigenvalue weighted by molar-refractivity contribution is 7.80. The first-order valence-corrected chi connectivity index (χ1v) is 10.1. The number of nitrogens with zero attached hydrogens (tertiary/aromatic N) is 1. The number of hydrogen-bond donors (Lipinski definition) is 0. The van der Waals surface area contributed by atoms with Gasteiger partial charge in [-0.15, -0.1) is 0 Å². The van der Waals surface area contributed by atoms with Crippen LogP contribution in [0.3, 0.4) is 0 Å². The van der Waals surface area contributed by atoms with Gasteiger partial charge in [0.25, 0.3) is 0 Å². The molecule has 134 valence electrons. The summed E-state index contributed by atoms with van der Waals surface area (Å²) < 4.78 is 39.5. The van der Waals surface area contributed by atoms with E-state index in [0.717, 1.165) is 10.6 Å². The number of anilines is 1. The molecule has 2 nitrogen and oxygen atoms in total. The molecule has 0 fully saturated rings. The third-order valence-electron chi connectivity index (χ3n) is 4.02. The van der Waals surface area contributed by atoms with Gasteiger partial charge in [-0.05, 0) is 36.4 Å². The Labute approximate surface area is 165 Å². The molecule has 0 spiro atoms. The molecule has 3 aromatic rings. The first-order valence-electron chi connectivity index (χ1n) is 8.13. The molecule has 0 bridgehead atoms. The molecule has 0 saturated heterocycles. The number of alkyl halides is 3. The van der Waals surface area contributed by atoms with Gasteiger partial charge in [0.1, 0.15) is 23.8 Å². The highest BCUT2D eigenvalue weighted by Crippen LogP contribution is 2.37. The molecule has 27 heavy (non-hydrogen) atoms. The van der Waals surface area contributed by atoms with E-state index in [1.165, 1.54) is 0 Å². The number of benzene rings is 3. The fraction of sp³-hybridized carbons (Fsp3) is 0.0500. The Kier molecular flexibility index (Phi) is 6.02. The van der Waals surface area contributed by atoms with Crippen LogP contribution in [0.4, 0.5) is 18.9 Å². The van der Waals surface area contributed by atoms with Crippen LogP contribution in [0.15, 0.2) is 84.9 Å². The minimum atomic E-state index is -4.94. The molecule has 0 N–H and O–H groups in total. The number of hydrogen-bond acceptors (Lipinski definition) is 1. The molecular weight excluding hydrogens is 385 g/mol. The average molecular weight is 400 g/mol. The maximum atomic E-state index is 13.0. The van der Waals surface area contributed by atoms with Crippen molar-refractivity contribution in [3.05, 3.63) is 84.9 Å². The molecule has 0 aliphatic heterocycles. The Hall–Kier alpha value is -2.12. The van der Waals surface area contributed by atoms with Crippen molar-refractivity contribution < 1.29 is 18.0 Å². The van der Waals surface area contributed by atoms with E-state index in [0.29, 0.717) is 9.19 Å². The minimum absolute atomic E-state index is 0.242. The molecule has 1 amide bonds. The van der Waals surface area contributed by atoms with Crippen LogP contribution in [-0.4, -0.2) is 28.6 Å². The van der Waals surface area contributed by atoms with Gasteiger partial charge in [0.2, 0.25) is 0 Å². The second-order valence-corrected chi connectivity index (χ2v) is 8.76. The summed E-state index contributed by atoms with van der Waals surface area (Å²) in [6.07, 6.45) is -4.94. The predicted octanol–water partition coefficient (Wildman–Crippen LogP) is 3.16. The van der Waals surface area contributed by atoms with E-state index in [1.54, 1.807) is 24.3 Å². The maximum Gasteiger partial charge on any atom is 0.469 e. The highest BCUT2D eigenvalue weighted by Gasteiger charge is 2.42. The first-order chi connectivity index (χ1) is 12.9. The van der Waals surface area contributed by atoms with Crippen LogP contribution in [-0.2, 0) is 4.79 Å². The van der Waals surface area contributed by atoms with E-state index in [1.807, 2.05) is 77.2 Å². The standard InChI is InChI=1S/C20H15F3NOP.Al/c21-20(22,23)19(25)24-17-13-7-8-14-18(17)26(15-9-3-1-4-10-15)16-11-5-2-6-12-16;/h1-14H,(H,24,25);/q;+1. The summed E-state index contributed by atoms with van der Waals surface area (Å²) in [5.41, 5.74) is 0.242. The monoisotopic (exact) mass is 400 g/mol. The molecular formula is C20H15AlF3NOP+. The summed E-state index contributed by atoms with van der Waals surface area (Å²) in [6.45, 7) is 0. The van der Waals surface area contributed by atoms with Gasteiger partial charge in [-0.25, -0.2) is 0 Å². The largest absolute Gasteiger partial charge is 0.469 e. The van der Waals surface area contributed by atoms with Gasteiger partial charge >= 0.3 is 28.6 Å². The number of rotatable bonds is 4. The maximum absolute atomic E-state index is 13.0. The van der Waals surface area contributed by atoms with E-state index in [9.17, 15) is 18.0 Å². The second-order valence-electron chi connectivity index (χ2n) is 5.80. The third-order valence-corrected chi connectivity index (χ3v) is 7.31. The highest BCUT2D eigenvalue weighted by atomic mass is 31.1. The fourth-order valence-corrected chi connectivity index (χ4v) is 6.06. The van der Waals surface area contributed by atoms with E-state index < -0.39 is 20.0 Å². The number of halogens is 3. The lowest BCUT2D eigenvalue weighted by Gasteiger charge is -2.24. The zero-order valence-electron chi connectivity index (χ0n) is 14.1. The van der Waals surface area contributed by atoms with E-state index in [2.05, 4.69) is 0 Å². The van der Waals surface area contributed by atoms with Gasteiger partial charge in [-0.3, -0.25) is 4.79 Å². The Morgan fingerprint density at radius 3 is 1.70 bits per heavy atom. The molecule has 3 rings (SSSR count). The number of para-hydroxylation sites is 1. The molecule has 2 radical (unpaired) electrons. The average Bonchev–Trinajstić information content (AvgIpc) is 2.68. The lowest BCUT2D eigenvalue weighted by atomic mass is 10.3. The Morgan fingerprint density at radius 1 is 0.778 bits per heavy atom. The van der Waals surface area contributed by atoms with Crippen LogP contribution in [0.1, 0.15) is 0 Å². The van der Waals surface area contributed by atoms with Crippen LogP contribution in [0.25, 0.3) is 0 Å². The Bertz CT molecular complexity index is 880. The SMILES string of the molecule is O=C([N]([Al])c1ccccc1[PH+](c1ccccc1)c1ccccc1)C(F)(F)F. The molecule has 0 aliphatic carbocycles. The second kappa shape index (κ2) is 8.27. The van der Waals surface area contributed by atoms with Gasteiger partial charge in [0.15, 0.2) is 0 Å². The fourth-order valence-electron chi connectivity index (χ4n) is 2.83. The van der Waals surface area contributed by atoms with Gasteiger partial charge in [-0.1, -0.05) is 48.5 Å². The number of amides is 1. The van der Waals surface area contributed by atoms with Crippen molar-refractivity contribution in [1.82, 2.24) is 0 Å². The molecule has 0 aromatic heterocycles. The lowest BCUT2D eigenvalue weighted by Crippen LogP contribution is -2.41. The molecule has 0 saturated carbocycles. The summed E-state index contributed by atoms with van der Waals surface area (Å²) in [5, 5.41) is 2.77. The van der Waals surface area contributed by atoms with Crippen LogP contribution >= 0.6 is 7.92 Å². The van der Waals surface area contributed by atoms with Gasteiger partial charge < -0.3 is 3.88 Å². The van der Waals surface area contributed by atoms with Gasteiger partial charge in [0, 0.05) is 0 Å². The number of carbonyl (C=O) groups is 1. The van der Waals surface area contributed by atoms with Crippen molar-refractivity contribution >= 4 is 51.9 Å². The molecule has 3 aromatic carbocycles. The molecule has 0 atom stereocenters. The van der Waals surface area contributed by atoms with Gasteiger partial charge in [-0.2, -0.15) is 13.2 Å². The summed E-state index contributed by atoms with van der Waals surface area (Å²) >= 11 is 1.91. The van der Waals surface area contributed by atoms with Crippen molar-refractivity contribution in [3.8, 4) is 0 Å². The smallest absolute Gasteiger partial charge is 0.414 e. The summed E-state index contributed by atoms with van der Waals surface area (Å²) in [5.74, 6) is -1.91. The molecule has 7 heteroatoms. The van der Waals surface area contributed by atoms with E-state index in [-0.39, 0.29) is 5.69 Å². The van der Waals surface area contributed by atoms with Crippen molar-refractivity contribution in [2.75, 3.05) is 3.88 Å². The zero-order valence-corrected chi connectivity index (χ0v) is 16.3. The lowest BCUT2D eigenvalue weighted by molar-refractivity contribution is -0.169. The van der Waals surface area contributed by atoms with Crippen molar-refractivity contribution in [1.29, 1.82) is 0 Å². The minimum Gasteiger partial charge on any atom is -0.414 e. The molecule has 0 heterocycles. The summed E-state index contributed by atoms with van der Waals surface area (Å²) in [4.78, 5) is 11.8. The molecule has 0 aliphatic rings. The zero-order chi connectivity index (χ0) is 19.4. The third kappa shape index (κ3) is 4.42. The van der Waals surface area contributed by atoms with Crippen LogP contribution < -0.4 is 19.8 Å². The van der Waals surface area contributed by atoms with E-state index >= 15 is 0 Å². The van der Waals surface area contributed by atoms with E-state index in [4.69, 9.17) is 0 Å². The van der Waals surface area contributed by atoms with Crippen molar-refractivity contribution in [2.45, 2.75) is 6.18 Å². The Morgan fingerprint density at radius 2 is 1.22 bits per heavy atom. The van der Waals surface area contributed by atoms with Crippen molar-refractivity contribution in [3.63, 3.8) is 0 Å². The van der Waals surface area contributed by atoms with Crippen LogP contribution in [0.5, 0.6) is 0 Å². The van der Waals surface area contributed by atoms with Crippen LogP contribution in [0.2, 0.25) is 0 Å². The first kappa shape index (κ1) is 19.6. The normalized spacial score (nSPS) is 11.4.